The van der Waals surface area contributed by atoms with Crippen LogP contribution in [0.25, 0.3) is 0 Å². The van der Waals surface area contributed by atoms with Gasteiger partial charge in [0.05, 0.1) is 0 Å². The number of hydrogen-bond acceptors (Lipinski definition) is 1. The molecule has 0 saturated heterocycles. The summed E-state index contributed by atoms with van der Waals surface area (Å²) in [5.74, 6) is 1.32. The van der Waals surface area contributed by atoms with Gasteiger partial charge >= 0.3 is 0 Å². The highest BCUT2D eigenvalue weighted by atomic mass is 14.9. The lowest BCUT2D eigenvalue weighted by molar-refractivity contribution is 0.528. The van der Waals surface area contributed by atoms with E-state index in [4.69, 9.17) is 0 Å². The first-order valence-electron chi connectivity index (χ1n) is 6.28. The molecule has 1 rings (SSSR count). The summed E-state index contributed by atoms with van der Waals surface area (Å²) >= 11 is 0. The van der Waals surface area contributed by atoms with Crippen molar-refractivity contribution in [1.82, 2.24) is 5.32 Å². The summed E-state index contributed by atoms with van der Waals surface area (Å²) in [6, 6.07) is 6.83. The van der Waals surface area contributed by atoms with Crippen molar-refractivity contribution in [3.63, 3.8) is 0 Å². The zero-order valence-corrected chi connectivity index (χ0v) is 11.3. The lowest BCUT2D eigenvalue weighted by Gasteiger charge is -2.15. The number of aryl methyl sites for hydroxylation is 2. The third-order valence-corrected chi connectivity index (χ3v) is 2.82. The van der Waals surface area contributed by atoms with Gasteiger partial charge in [0.2, 0.25) is 0 Å². The van der Waals surface area contributed by atoms with Gasteiger partial charge in [0.25, 0.3) is 0 Å². The fourth-order valence-corrected chi connectivity index (χ4v) is 2.00. The van der Waals surface area contributed by atoms with E-state index in [0.717, 1.165) is 19.0 Å². The molecule has 16 heavy (non-hydrogen) atoms. The molecule has 1 aromatic carbocycles. The van der Waals surface area contributed by atoms with Crippen molar-refractivity contribution in [2.75, 3.05) is 13.1 Å². The minimum atomic E-state index is 0.595. The zero-order chi connectivity index (χ0) is 12.1. The van der Waals surface area contributed by atoms with Crippen molar-refractivity contribution in [2.45, 2.75) is 40.5 Å². The standard InChI is InChI=1S/C15H25N/c1-11(2)9-16-10-14(5)15-7-12(3)6-13(4)8-15/h6-8,11,14,16H,9-10H2,1-5H3. The summed E-state index contributed by atoms with van der Waals surface area (Å²) < 4.78 is 0. The Morgan fingerprint density at radius 3 is 2.00 bits per heavy atom. The lowest BCUT2D eigenvalue weighted by atomic mass is 9.97. The molecule has 1 heteroatoms. The molecule has 1 N–H and O–H groups in total. The number of rotatable bonds is 5. The maximum Gasteiger partial charge on any atom is 0.00176 e. The Hall–Kier alpha value is -0.820. The van der Waals surface area contributed by atoms with E-state index in [1.54, 1.807) is 0 Å². The molecule has 1 unspecified atom stereocenters. The maximum atomic E-state index is 3.52. The van der Waals surface area contributed by atoms with Crippen LogP contribution in [-0.2, 0) is 0 Å². The predicted octanol–water partition coefficient (Wildman–Crippen LogP) is 3.65. The van der Waals surface area contributed by atoms with Crippen LogP contribution in [0.1, 0.15) is 43.4 Å². The van der Waals surface area contributed by atoms with Crippen molar-refractivity contribution < 1.29 is 0 Å². The van der Waals surface area contributed by atoms with E-state index in [9.17, 15) is 0 Å². The Bertz CT molecular complexity index is 308. The van der Waals surface area contributed by atoms with E-state index in [2.05, 4.69) is 58.1 Å². The van der Waals surface area contributed by atoms with Gasteiger partial charge in [-0.3, -0.25) is 0 Å². The lowest BCUT2D eigenvalue weighted by Crippen LogP contribution is -2.24. The Kier molecular flexibility index (Phi) is 5.01. The minimum absolute atomic E-state index is 0.595. The normalized spacial score (nSPS) is 13.1. The summed E-state index contributed by atoms with van der Waals surface area (Å²) in [7, 11) is 0. The SMILES string of the molecule is Cc1cc(C)cc(C(C)CNCC(C)C)c1. The molecule has 0 spiro atoms. The molecule has 1 nitrogen and oxygen atoms in total. The Morgan fingerprint density at radius 2 is 1.50 bits per heavy atom. The summed E-state index contributed by atoms with van der Waals surface area (Å²) in [5.41, 5.74) is 4.19. The second-order valence-electron chi connectivity index (χ2n) is 5.37. The van der Waals surface area contributed by atoms with Gasteiger partial charge in [-0.1, -0.05) is 50.1 Å². The van der Waals surface area contributed by atoms with Crippen LogP contribution in [0.4, 0.5) is 0 Å². The van der Waals surface area contributed by atoms with Gasteiger partial charge < -0.3 is 5.32 Å². The molecule has 0 amide bonds. The highest BCUT2D eigenvalue weighted by Crippen LogP contribution is 2.17. The summed E-state index contributed by atoms with van der Waals surface area (Å²) in [5, 5.41) is 3.52. The van der Waals surface area contributed by atoms with Crippen molar-refractivity contribution in [2.24, 2.45) is 5.92 Å². The largest absolute Gasteiger partial charge is 0.316 e. The van der Waals surface area contributed by atoms with Gasteiger partial charge in [-0.25, -0.2) is 0 Å². The Morgan fingerprint density at radius 1 is 0.938 bits per heavy atom. The van der Waals surface area contributed by atoms with Gasteiger partial charge in [0.15, 0.2) is 0 Å². The topological polar surface area (TPSA) is 12.0 Å². The van der Waals surface area contributed by atoms with Crippen molar-refractivity contribution in [3.8, 4) is 0 Å². The molecule has 0 aliphatic rings. The number of nitrogens with one attached hydrogen (secondary N) is 1. The number of hydrogen-bond donors (Lipinski definition) is 1. The van der Waals surface area contributed by atoms with E-state index in [1.807, 2.05) is 0 Å². The van der Waals surface area contributed by atoms with E-state index in [1.165, 1.54) is 16.7 Å². The summed E-state index contributed by atoms with van der Waals surface area (Å²) in [6.07, 6.45) is 0. The van der Waals surface area contributed by atoms with Crippen molar-refractivity contribution in [3.05, 3.63) is 34.9 Å². The van der Waals surface area contributed by atoms with E-state index in [0.29, 0.717) is 5.92 Å². The molecule has 0 aliphatic carbocycles. The van der Waals surface area contributed by atoms with Crippen LogP contribution in [0, 0.1) is 19.8 Å². The van der Waals surface area contributed by atoms with Gasteiger partial charge in [-0.2, -0.15) is 0 Å². The zero-order valence-electron chi connectivity index (χ0n) is 11.3. The van der Waals surface area contributed by atoms with Crippen LogP contribution >= 0.6 is 0 Å². The Balaban J connectivity index is 2.55. The molecule has 0 fully saturated rings. The van der Waals surface area contributed by atoms with Gasteiger partial charge in [-0.05, 0) is 37.8 Å². The molecule has 0 heterocycles. The maximum absolute atomic E-state index is 3.52. The van der Waals surface area contributed by atoms with Crippen LogP contribution in [0.2, 0.25) is 0 Å². The molecule has 1 atom stereocenters. The van der Waals surface area contributed by atoms with Gasteiger partial charge in [0.1, 0.15) is 0 Å². The van der Waals surface area contributed by atoms with Crippen LogP contribution < -0.4 is 5.32 Å². The van der Waals surface area contributed by atoms with Crippen LogP contribution in [0.5, 0.6) is 0 Å². The molecule has 1 aromatic rings. The van der Waals surface area contributed by atoms with E-state index >= 15 is 0 Å². The van der Waals surface area contributed by atoms with Crippen molar-refractivity contribution in [1.29, 1.82) is 0 Å². The first kappa shape index (κ1) is 13.2. The first-order chi connectivity index (χ1) is 7.49. The highest BCUT2D eigenvalue weighted by molar-refractivity contribution is 5.30. The average Bonchev–Trinajstić information content (AvgIpc) is 2.15. The fraction of sp³-hybridized carbons (Fsp3) is 0.600. The molecule has 0 radical (unpaired) electrons. The van der Waals surface area contributed by atoms with E-state index in [-0.39, 0.29) is 0 Å². The fourth-order valence-electron chi connectivity index (χ4n) is 2.00. The second-order valence-corrected chi connectivity index (χ2v) is 5.37. The molecular formula is C15H25N. The highest BCUT2D eigenvalue weighted by Gasteiger charge is 2.06. The summed E-state index contributed by atoms with van der Waals surface area (Å²) in [6.45, 7) is 13.3. The molecular weight excluding hydrogens is 194 g/mol. The molecule has 0 aromatic heterocycles. The quantitative estimate of drug-likeness (QED) is 0.797. The smallest absolute Gasteiger partial charge is 0.00176 e. The molecule has 0 aliphatic heterocycles. The first-order valence-corrected chi connectivity index (χ1v) is 6.28. The third kappa shape index (κ3) is 4.36. The van der Waals surface area contributed by atoms with Gasteiger partial charge in [-0.15, -0.1) is 0 Å². The minimum Gasteiger partial charge on any atom is -0.316 e. The number of benzene rings is 1. The summed E-state index contributed by atoms with van der Waals surface area (Å²) in [4.78, 5) is 0. The molecule has 0 bridgehead atoms. The van der Waals surface area contributed by atoms with E-state index < -0.39 is 0 Å². The Labute approximate surface area is 100 Å². The predicted molar refractivity (Wildman–Crippen MR) is 72.0 cm³/mol. The van der Waals surface area contributed by atoms with Gasteiger partial charge in [0, 0.05) is 6.54 Å². The molecule has 0 saturated carbocycles. The van der Waals surface area contributed by atoms with Crippen LogP contribution in [0.3, 0.4) is 0 Å². The third-order valence-electron chi connectivity index (χ3n) is 2.82. The molecule has 90 valence electrons. The van der Waals surface area contributed by atoms with Crippen LogP contribution in [-0.4, -0.2) is 13.1 Å². The van der Waals surface area contributed by atoms with Crippen molar-refractivity contribution >= 4 is 0 Å². The monoisotopic (exact) mass is 219 g/mol. The average molecular weight is 219 g/mol. The van der Waals surface area contributed by atoms with Crippen LogP contribution in [0.15, 0.2) is 18.2 Å². The second kappa shape index (κ2) is 6.05.